The van der Waals surface area contributed by atoms with E-state index in [-0.39, 0.29) is 18.0 Å². The van der Waals surface area contributed by atoms with E-state index >= 15 is 0 Å². The maximum absolute atomic E-state index is 10.9. The summed E-state index contributed by atoms with van der Waals surface area (Å²) in [5.74, 6) is 0.460. The molecule has 0 spiro atoms. The first-order chi connectivity index (χ1) is 9.08. The summed E-state index contributed by atoms with van der Waals surface area (Å²) < 4.78 is 5.93. The predicted octanol–water partition coefficient (Wildman–Crippen LogP) is 2.31. The standard InChI is InChI=1S/C11H9BrN4O3/c12-8-2-1-3-9(16(17)18)11(8)19-6-7-4-15-10(13)5-14-7/h1-5H,6H2,(H2,13,15). The van der Waals surface area contributed by atoms with E-state index in [0.717, 1.165) is 0 Å². The van der Waals surface area contributed by atoms with Crippen LogP contribution < -0.4 is 10.5 Å². The fourth-order valence-electron chi connectivity index (χ4n) is 1.37. The summed E-state index contributed by atoms with van der Waals surface area (Å²) in [5, 5.41) is 10.9. The second kappa shape index (κ2) is 5.61. The highest BCUT2D eigenvalue weighted by Crippen LogP contribution is 2.35. The normalized spacial score (nSPS) is 10.2. The van der Waals surface area contributed by atoms with Gasteiger partial charge >= 0.3 is 5.69 Å². The first kappa shape index (κ1) is 13.2. The van der Waals surface area contributed by atoms with Crippen molar-refractivity contribution >= 4 is 27.4 Å². The Hall–Kier alpha value is -2.22. The van der Waals surface area contributed by atoms with Crippen LogP contribution in [0, 0.1) is 10.1 Å². The van der Waals surface area contributed by atoms with Crippen LogP contribution in [0.5, 0.6) is 5.75 Å². The van der Waals surface area contributed by atoms with Crippen LogP contribution in [0.25, 0.3) is 0 Å². The number of nitrogens with zero attached hydrogens (tertiary/aromatic N) is 3. The van der Waals surface area contributed by atoms with Crippen LogP contribution in [0.2, 0.25) is 0 Å². The van der Waals surface area contributed by atoms with Crippen molar-refractivity contribution in [1.29, 1.82) is 0 Å². The minimum atomic E-state index is -0.505. The average Bonchev–Trinajstić information content (AvgIpc) is 2.39. The van der Waals surface area contributed by atoms with Gasteiger partial charge in [-0.15, -0.1) is 0 Å². The molecule has 0 saturated heterocycles. The number of ether oxygens (including phenoxy) is 1. The summed E-state index contributed by atoms with van der Waals surface area (Å²) in [6.45, 7) is 0.0662. The smallest absolute Gasteiger partial charge is 0.312 e. The van der Waals surface area contributed by atoms with E-state index in [0.29, 0.717) is 16.0 Å². The van der Waals surface area contributed by atoms with E-state index in [1.54, 1.807) is 12.1 Å². The lowest BCUT2D eigenvalue weighted by molar-refractivity contribution is -0.386. The van der Waals surface area contributed by atoms with Crippen molar-refractivity contribution in [3.8, 4) is 5.75 Å². The lowest BCUT2D eigenvalue weighted by Crippen LogP contribution is -2.03. The van der Waals surface area contributed by atoms with Gasteiger partial charge in [0.05, 0.1) is 27.5 Å². The van der Waals surface area contributed by atoms with Gasteiger partial charge in [-0.2, -0.15) is 0 Å². The van der Waals surface area contributed by atoms with Crippen molar-refractivity contribution in [1.82, 2.24) is 9.97 Å². The molecule has 2 aromatic rings. The Morgan fingerprint density at radius 3 is 2.79 bits per heavy atom. The van der Waals surface area contributed by atoms with E-state index in [1.165, 1.54) is 18.5 Å². The van der Waals surface area contributed by atoms with Gasteiger partial charge in [0.1, 0.15) is 12.4 Å². The number of nitro groups is 1. The zero-order valence-corrected chi connectivity index (χ0v) is 11.2. The Balaban J connectivity index is 2.19. The molecule has 19 heavy (non-hydrogen) atoms. The molecule has 0 saturated carbocycles. The number of nitrogens with two attached hydrogens (primary N) is 1. The number of anilines is 1. The maximum atomic E-state index is 10.9. The van der Waals surface area contributed by atoms with Gasteiger partial charge in [0.2, 0.25) is 5.75 Å². The highest BCUT2D eigenvalue weighted by molar-refractivity contribution is 9.10. The van der Waals surface area contributed by atoms with Crippen LogP contribution in [0.4, 0.5) is 11.5 Å². The zero-order valence-electron chi connectivity index (χ0n) is 9.62. The number of halogens is 1. The van der Waals surface area contributed by atoms with Crippen molar-refractivity contribution < 1.29 is 9.66 Å². The molecule has 0 atom stereocenters. The number of hydrogen-bond donors (Lipinski definition) is 1. The van der Waals surface area contributed by atoms with Crippen LogP contribution in [0.3, 0.4) is 0 Å². The minimum Gasteiger partial charge on any atom is -0.479 e. The molecule has 8 heteroatoms. The van der Waals surface area contributed by atoms with Crippen LogP contribution in [-0.2, 0) is 6.61 Å². The second-order valence-corrected chi connectivity index (χ2v) is 4.42. The molecule has 0 aliphatic rings. The SMILES string of the molecule is Nc1cnc(COc2c(Br)cccc2[N+](=O)[O-])cn1. The van der Waals surface area contributed by atoms with E-state index < -0.39 is 4.92 Å². The molecule has 2 N–H and O–H groups in total. The van der Waals surface area contributed by atoms with E-state index in [9.17, 15) is 10.1 Å². The summed E-state index contributed by atoms with van der Waals surface area (Å²) in [4.78, 5) is 18.2. The Labute approximate surface area is 116 Å². The van der Waals surface area contributed by atoms with Crippen molar-refractivity contribution in [2.75, 3.05) is 5.73 Å². The maximum Gasteiger partial charge on any atom is 0.312 e. The summed E-state index contributed by atoms with van der Waals surface area (Å²) in [6.07, 6.45) is 2.85. The lowest BCUT2D eigenvalue weighted by Gasteiger charge is -2.07. The minimum absolute atomic E-state index is 0.0662. The first-order valence-electron chi connectivity index (χ1n) is 5.20. The number of nitrogen functional groups attached to an aromatic ring is 1. The van der Waals surface area contributed by atoms with Gasteiger partial charge in [-0.1, -0.05) is 6.07 Å². The molecule has 7 nitrogen and oxygen atoms in total. The molecule has 0 aliphatic carbocycles. The first-order valence-corrected chi connectivity index (χ1v) is 5.99. The second-order valence-electron chi connectivity index (χ2n) is 3.57. The van der Waals surface area contributed by atoms with Crippen LogP contribution in [0.1, 0.15) is 5.69 Å². The van der Waals surface area contributed by atoms with E-state index in [4.69, 9.17) is 10.5 Å². The van der Waals surface area contributed by atoms with E-state index in [2.05, 4.69) is 25.9 Å². The molecule has 0 fully saturated rings. The van der Waals surface area contributed by atoms with Gasteiger partial charge in [-0.05, 0) is 22.0 Å². The quantitative estimate of drug-likeness (QED) is 0.683. The summed E-state index contributed by atoms with van der Waals surface area (Å²) in [5.41, 5.74) is 5.82. The van der Waals surface area contributed by atoms with Crippen molar-refractivity contribution in [2.24, 2.45) is 0 Å². The van der Waals surface area contributed by atoms with Crippen molar-refractivity contribution in [3.05, 3.63) is 50.9 Å². The molecule has 2 rings (SSSR count). The molecule has 1 aromatic heterocycles. The van der Waals surface area contributed by atoms with Crippen LogP contribution in [-0.4, -0.2) is 14.9 Å². The third-order valence-electron chi connectivity index (χ3n) is 2.23. The molecular weight excluding hydrogens is 316 g/mol. The lowest BCUT2D eigenvalue weighted by atomic mass is 10.3. The zero-order chi connectivity index (χ0) is 13.8. The largest absolute Gasteiger partial charge is 0.479 e. The highest BCUT2D eigenvalue weighted by Gasteiger charge is 2.18. The molecule has 0 unspecified atom stereocenters. The van der Waals surface area contributed by atoms with Gasteiger partial charge in [-0.3, -0.25) is 15.1 Å². The molecule has 0 aliphatic heterocycles. The molecule has 98 valence electrons. The molecule has 1 aromatic carbocycles. The summed E-state index contributed by atoms with van der Waals surface area (Å²) in [6, 6.07) is 4.60. The van der Waals surface area contributed by atoms with Crippen molar-refractivity contribution in [2.45, 2.75) is 6.61 Å². The van der Waals surface area contributed by atoms with Crippen molar-refractivity contribution in [3.63, 3.8) is 0 Å². The third kappa shape index (κ3) is 3.16. The van der Waals surface area contributed by atoms with E-state index in [1.807, 2.05) is 0 Å². The Morgan fingerprint density at radius 1 is 1.37 bits per heavy atom. The van der Waals surface area contributed by atoms with Gasteiger partial charge < -0.3 is 10.5 Å². The number of nitro benzene ring substituents is 1. The molecule has 0 amide bonds. The van der Waals surface area contributed by atoms with Crippen LogP contribution in [0.15, 0.2) is 35.1 Å². The Bertz CT molecular complexity index is 603. The summed E-state index contributed by atoms with van der Waals surface area (Å²) in [7, 11) is 0. The average molecular weight is 325 g/mol. The fraction of sp³-hybridized carbons (Fsp3) is 0.0909. The van der Waals surface area contributed by atoms with Gasteiger partial charge in [0, 0.05) is 6.07 Å². The fourth-order valence-corrected chi connectivity index (χ4v) is 1.84. The number of aromatic nitrogens is 2. The molecular formula is C11H9BrN4O3. The topological polar surface area (TPSA) is 104 Å². The predicted molar refractivity (Wildman–Crippen MR) is 71.6 cm³/mol. The highest BCUT2D eigenvalue weighted by atomic mass is 79.9. The van der Waals surface area contributed by atoms with Gasteiger partial charge in [0.15, 0.2) is 0 Å². The molecule has 1 heterocycles. The van der Waals surface area contributed by atoms with Crippen LogP contribution >= 0.6 is 15.9 Å². The molecule has 0 radical (unpaired) electrons. The third-order valence-corrected chi connectivity index (χ3v) is 2.86. The van der Waals surface area contributed by atoms with Gasteiger partial charge in [0.25, 0.3) is 0 Å². The Morgan fingerprint density at radius 2 is 2.16 bits per heavy atom. The molecule has 0 bridgehead atoms. The number of rotatable bonds is 4. The number of para-hydroxylation sites is 1. The summed E-state index contributed by atoms with van der Waals surface area (Å²) >= 11 is 3.22. The van der Waals surface area contributed by atoms with Gasteiger partial charge in [-0.25, -0.2) is 4.98 Å². The number of benzene rings is 1. The number of hydrogen-bond acceptors (Lipinski definition) is 6. The Kier molecular flexibility index (Phi) is 3.91. The monoisotopic (exact) mass is 324 g/mol.